The fraction of sp³-hybridized carbons (Fsp3) is 0.318. The van der Waals surface area contributed by atoms with Crippen LogP contribution in [0, 0.1) is 0 Å². The molecule has 0 radical (unpaired) electrons. The van der Waals surface area contributed by atoms with Gasteiger partial charge in [-0.05, 0) is 18.1 Å². The summed E-state index contributed by atoms with van der Waals surface area (Å²) in [6.07, 6.45) is 0.506. The number of para-hydroxylation sites is 1. The zero-order chi connectivity index (χ0) is 18.4. The molecule has 4 heteroatoms. The summed E-state index contributed by atoms with van der Waals surface area (Å²) < 4.78 is 11.8. The fourth-order valence-corrected chi connectivity index (χ4v) is 4.64. The van der Waals surface area contributed by atoms with Crippen LogP contribution in [-0.2, 0) is 25.3 Å². The number of nitrogens with zero attached hydrogens (tertiary/aromatic N) is 1. The van der Waals surface area contributed by atoms with Gasteiger partial charge in [0, 0.05) is 18.3 Å². The first-order valence-electron chi connectivity index (χ1n) is 8.80. The molecule has 2 aliphatic heterocycles. The lowest BCUT2D eigenvalue weighted by atomic mass is 9.60. The summed E-state index contributed by atoms with van der Waals surface area (Å²) in [6.45, 7) is 5.16. The van der Waals surface area contributed by atoms with Gasteiger partial charge in [-0.1, -0.05) is 60.7 Å². The molecule has 0 saturated carbocycles. The van der Waals surface area contributed by atoms with Crippen LogP contribution in [0.1, 0.15) is 17.5 Å². The van der Waals surface area contributed by atoms with Crippen LogP contribution in [0.4, 0.5) is 5.69 Å². The molecule has 134 valence electrons. The third-order valence-corrected chi connectivity index (χ3v) is 5.74. The van der Waals surface area contributed by atoms with Crippen LogP contribution >= 0.6 is 0 Å². The minimum Gasteiger partial charge on any atom is -0.468 e. The van der Waals surface area contributed by atoms with Gasteiger partial charge in [-0.15, -0.1) is 0 Å². The van der Waals surface area contributed by atoms with Crippen molar-refractivity contribution in [2.45, 2.75) is 17.4 Å². The Balaban J connectivity index is 2.04. The Kier molecular flexibility index (Phi) is 3.88. The molecule has 1 fully saturated rings. The molecule has 0 unspecified atom stereocenters. The summed E-state index contributed by atoms with van der Waals surface area (Å²) in [7, 11) is 3.48. The monoisotopic (exact) mass is 349 g/mol. The van der Waals surface area contributed by atoms with Crippen molar-refractivity contribution in [3.05, 3.63) is 77.9 Å². The van der Waals surface area contributed by atoms with E-state index in [0.29, 0.717) is 19.6 Å². The minimum atomic E-state index is -0.973. The third-order valence-electron chi connectivity index (χ3n) is 5.74. The second-order valence-corrected chi connectivity index (χ2v) is 7.18. The Morgan fingerprint density at radius 3 is 2.58 bits per heavy atom. The normalized spacial score (nSPS) is 27.5. The zero-order valence-electron chi connectivity index (χ0n) is 15.2. The van der Waals surface area contributed by atoms with Crippen molar-refractivity contribution in [2.24, 2.45) is 0 Å². The predicted octanol–water partition coefficient (Wildman–Crippen LogP) is 3.42. The smallest absolute Gasteiger partial charge is 0.320 e. The predicted molar refractivity (Wildman–Crippen MR) is 101 cm³/mol. The van der Waals surface area contributed by atoms with Gasteiger partial charge in [0.05, 0.1) is 20.3 Å². The first-order chi connectivity index (χ1) is 12.5. The maximum absolute atomic E-state index is 13.4. The lowest BCUT2D eigenvalue weighted by Gasteiger charge is -2.50. The van der Waals surface area contributed by atoms with E-state index in [1.807, 2.05) is 49.5 Å². The standard InChI is InChI=1S/C22H23NO3/c1-16-13-21(20(24)25-3,17-9-5-4-6-10-17)22(26-14-16)15-23(2)19-12-8-7-11-18(19)22/h4-12H,1,13-15H2,2-3H3/t21-,22+/m0/s1. The summed E-state index contributed by atoms with van der Waals surface area (Å²) in [5, 5.41) is 0. The molecule has 0 bridgehead atoms. The number of rotatable bonds is 2. The lowest BCUT2D eigenvalue weighted by Crippen LogP contribution is -2.61. The third kappa shape index (κ3) is 2.08. The summed E-state index contributed by atoms with van der Waals surface area (Å²) in [6, 6.07) is 18.0. The number of hydrogen-bond acceptors (Lipinski definition) is 4. The highest BCUT2D eigenvalue weighted by Gasteiger charge is 2.65. The van der Waals surface area contributed by atoms with Gasteiger partial charge in [0.2, 0.25) is 0 Å². The number of esters is 1. The van der Waals surface area contributed by atoms with Crippen molar-refractivity contribution in [2.75, 3.05) is 32.2 Å². The second kappa shape index (κ2) is 5.99. The van der Waals surface area contributed by atoms with Gasteiger partial charge in [0.1, 0.15) is 11.0 Å². The van der Waals surface area contributed by atoms with E-state index in [2.05, 4.69) is 23.6 Å². The number of anilines is 1. The Morgan fingerprint density at radius 2 is 1.85 bits per heavy atom. The number of ether oxygens (including phenoxy) is 2. The molecular weight excluding hydrogens is 326 g/mol. The highest BCUT2D eigenvalue weighted by molar-refractivity contribution is 5.88. The SMILES string of the molecule is C=C1CO[C@@]2(CN(C)c3ccccc32)[C@](C(=O)OC)(c2ccccc2)C1. The van der Waals surface area contributed by atoms with Gasteiger partial charge in [-0.3, -0.25) is 4.79 Å². The van der Waals surface area contributed by atoms with Crippen LogP contribution in [0.3, 0.4) is 0 Å². The Labute approximate surface area is 154 Å². The number of carbonyl (C=O) groups is 1. The molecule has 1 saturated heterocycles. The summed E-state index contributed by atoms with van der Waals surface area (Å²) >= 11 is 0. The van der Waals surface area contributed by atoms with Crippen molar-refractivity contribution < 1.29 is 14.3 Å². The van der Waals surface area contributed by atoms with Crippen molar-refractivity contribution >= 4 is 11.7 Å². The van der Waals surface area contributed by atoms with E-state index in [-0.39, 0.29) is 5.97 Å². The van der Waals surface area contributed by atoms with Crippen molar-refractivity contribution in [3.63, 3.8) is 0 Å². The molecule has 2 aromatic rings. The van der Waals surface area contributed by atoms with Gasteiger partial charge in [-0.25, -0.2) is 0 Å². The average molecular weight is 349 g/mol. The first-order valence-corrected chi connectivity index (χ1v) is 8.80. The van der Waals surface area contributed by atoms with E-state index in [4.69, 9.17) is 9.47 Å². The molecule has 0 N–H and O–H groups in total. The number of hydrogen-bond donors (Lipinski definition) is 0. The van der Waals surface area contributed by atoms with E-state index in [1.165, 1.54) is 7.11 Å². The van der Waals surface area contributed by atoms with Crippen LogP contribution in [0.5, 0.6) is 0 Å². The van der Waals surface area contributed by atoms with Crippen LogP contribution in [0.2, 0.25) is 0 Å². The molecule has 2 heterocycles. The minimum absolute atomic E-state index is 0.283. The first kappa shape index (κ1) is 16.9. The van der Waals surface area contributed by atoms with E-state index < -0.39 is 11.0 Å². The quantitative estimate of drug-likeness (QED) is 0.615. The van der Waals surface area contributed by atoms with Crippen molar-refractivity contribution in [3.8, 4) is 0 Å². The van der Waals surface area contributed by atoms with Gasteiger partial charge < -0.3 is 14.4 Å². The topological polar surface area (TPSA) is 38.8 Å². The highest BCUT2D eigenvalue weighted by atomic mass is 16.5. The summed E-state index contributed by atoms with van der Waals surface area (Å²) in [4.78, 5) is 15.5. The largest absolute Gasteiger partial charge is 0.468 e. The van der Waals surface area contributed by atoms with E-state index in [1.54, 1.807) is 0 Å². The maximum atomic E-state index is 13.4. The molecule has 0 aliphatic carbocycles. The van der Waals surface area contributed by atoms with Gasteiger partial charge in [0.15, 0.2) is 0 Å². The zero-order valence-corrected chi connectivity index (χ0v) is 15.2. The molecule has 4 rings (SSSR count). The van der Waals surface area contributed by atoms with Crippen LogP contribution in [0.15, 0.2) is 66.7 Å². The number of methoxy groups -OCH3 is 1. The van der Waals surface area contributed by atoms with E-state index >= 15 is 0 Å². The van der Waals surface area contributed by atoms with Crippen molar-refractivity contribution in [1.29, 1.82) is 0 Å². The Hall–Kier alpha value is -2.59. The molecule has 2 aliphatic rings. The van der Waals surface area contributed by atoms with E-state index in [9.17, 15) is 4.79 Å². The lowest BCUT2D eigenvalue weighted by molar-refractivity contribution is -0.173. The molecule has 2 atom stereocenters. The molecule has 1 spiro atoms. The summed E-state index contributed by atoms with van der Waals surface area (Å²) in [5.41, 5.74) is 2.14. The van der Waals surface area contributed by atoms with Crippen molar-refractivity contribution in [1.82, 2.24) is 0 Å². The number of fused-ring (bicyclic) bond motifs is 2. The molecular formula is C22H23NO3. The van der Waals surface area contributed by atoms with Gasteiger partial charge >= 0.3 is 5.97 Å². The van der Waals surface area contributed by atoms with Crippen LogP contribution in [-0.4, -0.2) is 33.3 Å². The average Bonchev–Trinajstić information content (AvgIpc) is 2.97. The number of benzene rings is 2. The Bertz CT molecular complexity index is 863. The molecule has 0 aromatic heterocycles. The maximum Gasteiger partial charge on any atom is 0.320 e. The highest BCUT2D eigenvalue weighted by Crippen LogP contribution is 2.57. The number of carbonyl (C=O) groups excluding carboxylic acids is 1. The second-order valence-electron chi connectivity index (χ2n) is 7.18. The molecule has 2 aromatic carbocycles. The van der Waals surface area contributed by atoms with Crippen LogP contribution in [0.25, 0.3) is 0 Å². The molecule has 0 amide bonds. The van der Waals surface area contributed by atoms with E-state index in [0.717, 1.165) is 22.4 Å². The van der Waals surface area contributed by atoms with Gasteiger partial charge in [0.25, 0.3) is 0 Å². The molecule has 26 heavy (non-hydrogen) atoms. The molecule has 4 nitrogen and oxygen atoms in total. The van der Waals surface area contributed by atoms with Crippen LogP contribution < -0.4 is 4.90 Å². The fourth-order valence-electron chi connectivity index (χ4n) is 4.64. The number of likely N-dealkylation sites (N-methyl/N-ethyl adjacent to an activating group) is 1. The van der Waals surface area contributed by atoms with Gasteiger partial charge in [-0.2, -0.15) is 0 Å². The summed E-state index contributed by atoms with van der Waals surface area (Å²) in [5.74, 6) is -0.283. The Morgan fingerprint density at radius 1 is 1.15 bits per heavy atom.